The summed E-state index contributed by atoms with van der Waals surface area (Å²) >= 11 is 0. The Morgan fingerprint density at radius 2 is 1.69 bits per heavy atom. The fourth-order valence-electron chi connectivity index (χ4n) is 1.10. The summed E-state index contributed by atoms with van der Waals surface area (Å²) in [6.45, 7) is 5.02. The van der Waals surface area contributed by atoms with Crippen LogP contribution in [0.15, 0.2) is 0 Å². The zero-order valence-corrected chi connectivity index (χ0v) is 7.95. The molecule has 0 radical (unpaired) electrons. The van der Waals surface area contributed by atoms with Crippen molar-refractivity contribution < 1.29 is 19.0 Å². The average Bonchev–Trinajstić information content (AvgIpc) is 2.54. The molecule has 2 aliphatic heterocycles. The summed E-state index contributed by atoms with van der Waals surface area (Å²) < 4.78 is 14.6. The largest absolute Gasteiger partial charge is 0.463 e. The van der Waals surface area contributed by atoms with Crippen LogP contribution >= 0.6 is 0 Å². The van der Waals surface area contributed by atoms with Gasteiger partial charge < -0.3 is 14.2 Å². The number of esters is 1. The highest BCUT2D eigenvalue weighted by Gasteiger charge is 2.17. The van der Waals surface area contributed by atoms with Crippen molar-refractivity contribution in [3.05, 3.63) is 0 Å². The standard InChI is InChI=1S/C5H8O2.C4H8O2/c1-4-2-3-5(6)7-4;1-2-6-4-3-5-1/h4H,2-3H2,1H3;1-4H2. The maximum atomic E-state index is 10.2. The second kappa shape index (κ2) is 5.94. The SMILES string of the molecule is C1COCCO1.CC1CCC(=O)O1. The van der Waals surface area contributed by atoms with Gasteiger partial charge in [0.05, 0.1) is 32.5 Å². The van der Waals surface area contributed by atoms with Gasteiger partial charge in [-0.3, -0.25) is 4.79 Å². The summed E-state index contributed by atoms with van der Waals surface area (Å²) in [5.41, 5.74) is 0. The van der Waals surface area contributed by atoms with Crippen molar-refractivity contribution in [1.29, 1.82) is 0 Å². The van der Waals surface area contributed by atoms with Crippen LogP contribution in [-0.4, -0.2) is 38.5 Å². The third kappa shape index (κ3) is 4.85. The summed E-state index contributed by atoms with van der Waals surface area (Å²) in [6.07, 6.45) is 1.69. The Morgan fingerprint density at radius 1 is 1.15 bits per heavy atom. The molecule has 0 N–H and O–H groups in total. The number of cyclic esters (lactones) is 1. The normalized spacial score (nSPS) is 27.5. The van der Waals surface area contributed by atoms with Gasteiger partial charge in [0.2, 0.25) is 0 Å². The second-order valence-electron chi connectivity index (χ2n) is 3.06. The molecule has 13 heavy (non-hydrogen) atoms. The van der Waals surface area contributed by atoms with E-state index in [0.717, 1.165) is 32.8 Å². The molecule has 1 atom stereocenters. The lowest BCUT2D eigenvalue weighted by Gasteiger charge is -2.09. The minimum absolute atomic E-state index is 0.0486. The molecule has 2 heterocycles. The topological polar surface area (TPSA) is 44.8 Å². The first kappa shape index (κ1) is 10.5. The van der Waals surface area contributed by atoms with E-state index in [2.05, 4.69) is 0 Å². The van der Waals surface area contributed by atoms with Crippen LogP contribution in [0, 0.1) is 0 Å². The van der Waals surface area contributed by atoms with Gasteiger partial charge in [-0.2, -0.15) is 0 Å². The van der Waals surface area contributed by atoms with E-state index in [4.69, 9.17) is 14.2 Å². The highest BCUT2D eigenvalue weighted by Crippen LogP contribution is 2.11. The molecule has 0 aliphatic carbocycles. The van der Waals surface area contributed by atoms with Crippen LogP contribution in [0.4, 0.5) is 0 Å². The molecule has 1 unspecified atom stereocenters. The number of carbonyl (C=O) groups excluding carboxylic acids is 1. The van der Waals surface area contributed by atoms with E-state index in [0.29, 0.717) is 6.42 Å². The first-order valence-corrected chi connectivity index (χ1v) is 4.64. The zero-order valence-electron chi connectivity index (χ0n) is 7.95. The highest BCUT2D eigenvalue weighted by atomic mass is 16.6. The van der Waals surface area contributed by atoms with Crippen molar-refractivity contribution in [3.8, 4) is 0 Å². The summed E-state index contributed by atoms with van der Waals surface area (Å²) in [5.74, 6) is -0.0486. The molecule has 0 aromatic carbocycles. The van der Waals surface area contributed by atoms with Crippen molar-refractivity contribution in [2.45, 2.75) is 25.9 Å². The summed E-state index contributed by atoms with van der Waals surface area (Å²) in [6, 6.07) is 0. The number of hydrogen-bond acceptors (Lipinski definition) is 4. The molecule has 2 saturated heterocycles. The number of ether oxygens (including phenoxy) is 3. The van der Waals surface area contributed by atoms with E-state index in [1.807, 2.05) is 6.92 Å². The van der Waals surface area contributed by atoms with Crippen LogP contribution < -0.4 is 0 Å². The van der Waals surface area contributed by atoms with Crippen molar-refractivity contribution in [2.24, 2.45) is 0 Å². The van der Waals surface area contributed by atoms with E-state index < -0.39 is 0 Å². The molecule has 2 aliphatic rings. The summed E-state index contributed by atoms with van der Waals surface area (Å²) in [4.78, 5) is 10.2. The van der Waals surface area contributed by atoms with Gasteiger partial charge >= 0.3 is 5.97 Å². The van der Waals surface area contributed by atoms with Crippen molar-refractivity contribution in [3.63, 3.8) is 0 Å². The minimum Gasteiger partial charge on any atom is -0.463 e. The monoisotopic (exact) mass is 188 g/mol. The van der Waals surface area contributed by atoms with Crippen LogP contribution in [0.25, 0.3) is 0 Å². The third-order valence-electron chi connectivity index (χ3n) is 1.83. The molecule has 76 valence electrons. The molecule has 0 bridgehead atoms. The van der Waals surface area contributed by atoms with E-state index in [1.165, 1.54) is 0 Å². The first-order valence-electron chi connectivity index (χ1n) is 4.64. The van der Waals surface area contributed by atoms with Gasteiger partial charge in [0, 0.05) is 6.42 Å². The molecule has 0 saturated carbocycles. The highest BCUT2D eigenvalue weighted by molar-refractivity contribution is 5.71. The van der Waals surface area contributed by atoms with Gasteiger partial charge in [0.1, 0.15) is 0 Å². The van der Waals surface area contributed by atoms with Gasteiger partial charge in [0.15, 0.2) is 0 Å². The maximum Gasteiger partial charge on any atom is 0.306 e. The van der Waals surface area contributed by atoms with Crippen LogP contribution in [0.2, 0.25) is 0 Å². The molecular weight excluding hydrogens is 172 g/mol. The Balaban J connectivity index is 0.000000132. The quantitative estimate of drug-likeness (QED) is 0.526. The van der Waals surface area contributed by atoms with Crippen LogP contribution in [0.1, 0.15) is 19.8 Å². The summed E-state index contributed by atoms with van der Waals surface area (Å²) in [5, 5.41) is 0. The Bertz CT molecular complexity index is 142. The lowest BCUT2D eigenvalue weighted by atomic mass is 10.3. The van der Waals surface area contributed by atoms with Crippen LogP contribution in [0.5, 0.6) is 0 Å². The van der Waals surface area contributed by atoms with Crippen molar-refractivity contribution in [2.75, 3.05) is 26.4 Å². The van der Waals surface area contributed by atoms with Gasteiger partial charge in [0.25, 0.3) is 0 Å². The zero-order chi connectivity index (χ0) is 9.52. The number of carbonyl (C=O) groups is 1. The molecule has 2 fully saturated rings. The molecule has 0 aromatic heterocycles. The Morgan fingerprint density at radius 3 is 1.85 bits per heavy atom. The Kier molecular flexibility index (Phi) is 4.78. The smallest absolute Gasteiger partial charge is 0.306 e. The molecule has 0 spiro atoms. The fourth-order valence-corrected chi connectivity index (χ4v) is 1.10. The lowest BCUT2D eigenvalue weighted by Crippen LogP contribution is -2.16. The van der Waals surface area contributed by atoms with E-state index in [9.17, 15) is 4.79 Å². The van der Waals surface area contributed by atoms with Crippen molar-refractivity contribution >= 4 is 5.97 Å². The van der Waals surface area contributed by atoms with Gasteiger partial charge in [-0.25, -0.2) is 0 Å². The average molecular weight is 188 g/mol. The number of rotatable bonds is 0. The third-order valence-corrected chi connectivity index (χ3v) is 1.83. The predicted octanol–water partition coefficient (Wildman–Crippen LogP) is 0.745. The number of hydrogen-bond donors (Lipinski definition) is 0. The van der Waals surface area contributed by atoms with Crippen LogP contribution in [-0.2, 0) is 19.0 Å². The predicted molar refractivity (Wildman–Crippen MR) is 46.4 cm³/mol. The Labute approximate surface area is 78.2 Å². The molecule has 0 aromatic rings. The molecule has 2 rings (SSSR count). The molecule has 0 amide bonds. The summed E-state index contributed by atoms with van der Waals surface area (Å²) in [7, 11) is 0. The fraction of sp³-hybridized carbons (Fsp3) is 0.889. The molecule has 4 nitrogen and oxygen atoms in total. The van der Waals surface area contributed by atoms with E-state index in [1.54, 1.807) is 0 Å². The lowest BCUT2D eigenvalue weighted by molar-refractivity contribution is -0.140. The van der Waals surface area contributed by atoms with Crippen LogP contribution in [0.3, 0.4) is 0 Å². The van der Waals surface area contributed by atoms with E-state index in [-0.39, 0.29) is 12.1 Å². The first-order chi connectivity index (χ1) is 6.29. The van der Waals surface area contributed by atoms with Crippen molar-refractivity contribution in [1.82, 2.24) is 0 Å². The van der Waals surface area contributed by atoms with Gasteiger partial charge in [-0.15, -0.1) is 0 Å². The Hall–Kier alpha value is -0.610. The van der Waals surface area contributed by atoms with E-state index >= 15 is 0 Å². The molecular formula is C9H16O4. The van der Waals surface area contributed by atoms with Gasteiger partial charge in [-0.1, -0.05) is 0 Å². The molecule has 4 heteroatoms. The maximum absolute atomic E-state index is 10.2. The van der Waals surface area contributed by atoms with Gasteiger partial charge in [-0.05, 0) is 13.3 Å². The second-order valence-corrected chi connectivity index (χ2v) is 3.06. The minimum atomic E-state index is -0.0486.